The average Bonchev–Trinajstić information content (AvgIpc) is 3.16. The van der Waals surface area contributed by atoms with Gasteiger partial charge in [-0.25, -0.2) is 9.97 Å². The minimum atomic E-state index is 0.432. The molecule has 0 unspecified atom stereocenters. The van der Waals surface area contributed by atoms with Crippen LogP contribution in [0.15, 0.2) is 48.8 Å². The van der Waals surface area contributed by atoms with E-state index in [0.29, 0.717) is 22.4 Å². The Kier molecular flexibility index (Phi) is 7.09. The standard InChI is InChI=1S/C25H30ClN7O/c1-27-19-13-23(34-5)21(12-20(19)28-10-11-32(2)3)30-25-29-14-18(26)24(31-25)17-15-33(4)22-9-7-6-8-16(17)22/h6-9,12-15,27-28H,10-11H2,1-5H3,(H,29,30,31). The van der Waals surface area contributed by atoms with Gasteiger partial charge in [0, 0.05) is 55.9 Å². The third-order valence-electron chi connectivity index (χ3n) is 5.63. The van der Waals surface area contributed by atoms with E-state index in [1.54, 1.807) is 13.3 Å². The average molecular weight is 480 g/mol. The van der Waals surface area contributed by atoms with Crippen LogP contribution in [0.4, 0.5) is 23.0 Å². The van der Waals surface area contributed by atoms with Crippen molar-refractivity contribution >= 4 is 45.5 Å². The molecule has 9 heteroatoms. The summed E-state index contributed by atoms with van der Waals surface area (Å²) in [7, 11) is 9.64. The van der Waals surface area contributed by atoms with Gasteiger partial charge in [0.1, 0.15) is 5.75 Å². The van der Waals surface area contributed by atoms with Gasteiger partial charge in [0.2, 0.25) is 5.95 Å². The van der Waals surface area contributed by atoms with E-state index in [-0.39, 0.29) is 0 Å². The minimum absolute atomic E-state index is 0.432. The number of anilines is 4. The largest absolute Gasteiger partial charge is 0.494 e. The Balaban J connectivity index is 1.70. The Hall–Kier alpha value is -3.49. The van der Waals surface area contributed by atoms with Crippen LogP contribution in [0, 0.1) is 0 Å². The third-order valence-corrected chi connectivity index (χ3v) is 5.90. The second kappa shape index (κ2) is 10.2. The molecule has 2 aromatic carbocycles. The highest BCUT2D eigenvalue weighted by atomic mass is 35.5. The lowest BCUT2D eigenvalue weighted by molar-refractivity contribution is 0.417. The fourth-order valence-corrected chi connectivity index (χ4v) is 4.07. The summed E-state index contributed by atoms with van der Waals surface area (Å²) in [6, 6.07) is 12.1. The van der Waals surface area contributed by atoms with Gasteiger partial charge in [0.05, 0.1) is 41.1 Å². The third kappa shape index (κ3) is 4.88. The zero-order chi connectivity index (χ0) is 24.2. The van der Waals surface area contributed by atoms with Gasteiger partial charge >= 0.3 is 0 Å². The summed E-state index contributed by atoms with van der Waals surface area (Å²) in [4.78, 5) is 11.3. The van der Waals surface area contributed by atoms with E-state index in [1.165, 1.54) is 0 Å². The predicted octanol–water partition coefficient (Wildman–Crippen LogP) is 5.06. The number of fused-ring (bicyclic) bond motifs is 1. The van der Waals surface area contributed by atoms with Crippen LogP contribution in [0.5, 0.6) is 5.75 Å². The molecule has 0 amide bonds. The van der Waals surface area contributed by atoms with Crippen molar-refractivity contribution in [3.8, 4) is 17.0 Å². The Labute approximate surface area is 204 Å². The summed E-state index contributed by atoms with van der Waals surface area (Å²) in [6.45, 7) is 1.71. The SMILES string of the molecule is CNc1cc(OC)c(Nc2ncc(Cl)c(-c3cn(C)c4ccccc34)n2)cc1NCCN(C)C. The number of para-hydroxylation sites is 1. The molecule has 0 atom stereocenters. The summed E-state index contributed by atoms with van der Waals surface area (Å²) < 4.78 is 7.70. The van der Waals surface area contributed by atoms with Gasteiger partial charge in [-0.05, 0) is 26.2 Å². The number of hydrogen-bond donors (Lipinski definition) is 3. The first-order valence-corrected chi connectivity index (χ1v) is 11.4. The normalized spacial score (nSPS) is 11.1. The smallest absolute Gasteiger partial charge is 0.227 e. The molecule has 3 N–H and O–H groups in total. The maximum absolute atomic E-state index is 6.54. The number of likely N-dealkylation sites (N-methyl/N-ethyl adjacent to an activating group) is 1. The second-order valence-corrected chi connectivity index (χ2v) is 8.67. The van der Waals surface area contributed by atoms with Crippen LogP contribution in [0.2, 0.25) is 5.02 Å². The molecule has 2 heterocycles. The summed E-state index contributed by atoms with van der Waals surface area (Å²) in [5.41, 5.74) is 5.38. The zero-order valence-electron chi connectivity index (χ0n) is 20.1. The molecule has 34 heavy (non-hydrogen) atoms. The van der Waals surface area contributed by atoms with E-state index >= 15 is 0 Å². The summed E-state index contributed by atoms with van der Waals surface area (Å²) in [5, 5.41) is 11.6. The molecule has 0 bridgehead atoms. The van der Waals surface area contributed by atoms with Crippen molar-refractivity contribution in [2.24, 2.45) is 7.05 Å². The molecular weight excluding hydrogens is 450 g/mol. The molecule has 4 rings (SSSR count). The summed E-state index contributed by atoms with van der Waals surface area (Å²) >= 11 is 6.54. The molecule has 0 aliphatic rings. The van der Waals surface area contributed by atoms with Crippen molar-refractivity contribution in [2.45, 2.75) is 0 Å². The first-order chi connectivity index (χ1) is 16.4. The van der Waals surface area contributed by atoms with Crippen LogP contribution in [-0.4, -0.2) is 60.8 Å². The van der Waals surface area contributed by atoms with Gasteiger partial charge in [0.25, 0.3) is 0 Å². The van der Waals surface area contributed by atoms with E-state index in [1.807, 2.05) is 58.7 Å². The Morgan fingerprint density at radius 1 is 1.12 bits per heavy atom. The summed E-state index contributed by atoms with van der Waals surface area (Å²) in [5.74, 6) is 1.11. The molecule has 2 aromatic heterocycles. The van der Waals surface area contributed by atoms with Crippen LogP contribution in [0.1, 0.15) is 0 Å². The highest BCUT2D eigenvalue weighted by Gasteiger charge is 2.16. The number of ether oxygens (including phenoxy) is 1. The number of aromatic nitrogens is 3. The molecule has 0 aliphatic heterocycles. The van der Waals surface area contributed by atoms with E-state index in [4.69, 9.17) is 21.3 Å². The molecule has 178 valence electrons. The number of halogens is 1. The van der Waals surface area contributed by atoms with Crippen LogP contribution in [0.3, 0.4) is 0 Å². The van der Waals surface area contributed by atoms with Gasteiger partial charge in [0.15, 0.2) is 0 Å². The van der Waals surface area contributed by atoms with Crippen molar-refractivity contribution < 1.29 is 4.74 Å². The number of aryl methyl sites for hydroxylation is 1. The number of methoxy groups -OCH3 is 1. The Bertz CT molecular complexity index is 1300. The lowest BCUT2D eigenvalue weighted by atomic mass is 10.1. The van der Waals surface area contributed by atoms with E-state index in [9.17, 15) is 0 Å². The molecular formula is C25H30ClN7O. The van der Waals surface area contributed by atoms with Gasteiger partial charge in [-0.3, -0.25) is 0 Å². The molecule has 4 aromatic rings. The van der Waals surface area contributed by atoms with Crippen molar-refractivity contribution in [2.75, 3.05) is 57.3 Å². The minimum Gasteiger partial charge on any atom is -0.494 e. The Morgan fingerprint density at radius 2 is 1.91 bits per heavy atom. The number of hydrogen-bond acceptors (Lipinski definition) is 7. The molecule has 0 aliphatic carbocycles. The molecule has 8 nitrogen and oxygen atoms in total. The predicted molar refractivity (Wildman–Crippen MR) is 142 cm³/mol. The van der Waals surface area contributed by atoms with E-state index < -0.39 is 0 Å². The first kappa shape index (κ1) is 23.7. The maximum atomic E-state index is 6.54. The number of rotatable bonds is 9. The van der Waals surface area contributed by atoms with Crippen LogP contribution < -0.4 is 20.7 Å². The van der Waals surface area contributed by atoms with E-state index in [2.05, 4.69) is 42.5 Å². The number of benzene rings is 2. The fourth-order valence-electron chi connectivity index (χ4n) is 3.88. The number of nitrogens with one attached hydrogen (secondary N) is 3. The van der Waals surface area contributed by atoms with Crippen molar-refractivity contribution in [3.63, 3.8) is 0 Å². The van der Waals surface area contributed by atoms with Crippen molar-refractivity contribution in [1.29, 1.82) is 0 Å². The van der Waals surface area contributed by atoms with E-state index in [0.717, 1.165) is 46.6 Å². The van der Waals surface area contributed by atoms with Crippen LogP contribution in [0.25, 0.3) is 22.2 Å². The van der Waals surface area contributed by atoms with Crippen LogP contribution >= 0.6 is 11.6 Å². The van der Waals surface area contributed by atoms with Crippen molar-refractivity contribution in [1.82, 2.24) is 19.4 Å². The topological polar surface area (TPSA) is 79.3 Å². The maximum Gasteiger partial charge on any atom is 0.227 e. The quantitative estimate of drug-likeness (QED) is 0.310. The Morgan fingerprint density at radius 3 is 2.65 bits per heavy atom. The zero-order valence-corrected chi connectivity index (χ0v) is 20.9. The monoisotopic (exact) mass is 479 g/mol. The van der Waals surface area contributed by atoms with Gasteiger partial charge in [-0.1, -0.05) is 29.8 Å². The number of nitrogens with zero attached hydrogens (tertiary/aromatic N) is 4. The van der Waals surface area contributed by atoms with Gasteiger partial charge in [-0.15, -0.1) is 0 Å². The molecule has 0 spiro atoms. The molecule has 0 fully saturated rings. The lowest BCUT2D eigenvalue weighted by Gasteiger charge is -2.18. The fraction of sp³-hybridized carbons (Fsp3) is 0.280. The first-order valence-electron chi connectivity index (χ1n) is 11.0. The molecule has 0 saturated heterocycles. The van der Waals surface area contributed by atoms with Gasteiger partial charge < -0.3 is 30.2 Å². The highest BCUT2D eigenvalue weighted by molar-refractivity contribution is 6.33. The van der Waals surface area contributed by atoms with Crippen LogP contribution in [-0.2, 0) is 7.05 Å². The van der Waals surface area contributed by atoms with Gasteiger partial charge in [-0.2, -0.15) is 0 Å². The molecule has 0 saturated carbocycles. The second-order valence-electron chi connectivity index (χ2n) is 8.26. The van der Waals surface area contributed by atoms with Crippen molar-refractivity contribution in [3.05, 3.63) is 53.8 Å². The summed E-state index contributed by atoms with van der Waals surface area (Å²) in [6.07, 6.45) is 3.66. The lowest BCUT2D eigenvalue weighted by Crippen LogP contribution is -2.21. The highest BCUT2D eigenvalue weighted by Crippen LogP contribution is 2.37. The molecule has 0 radical (unpaired) electrons.